The fourth-order valence-electron chi connectivity index (χ4n) is 3.24. The van der Waals surface area contributed by atoms with E-state index in [-0.39, 0.29) is 11.7 Å². The van der Waals surface area contributed by atoms with Gasteiger partial charge in [0.1, 0.15) is 11.6 Å². The van der Waals surface area contributed by atoms with Gasteiger partial charge in [-0.15, -0.1) is 0 Å². The van der Waals surface area contributed by atoms with Crippen LogP contribution in [0, 0.1) is 5.82 Å². The molecule has 0 radical (unpaired) electrons. The molecule has 3 rings (SSSR count). The van der Waals surface area contributed by atoms with Gasteiger partial charge in [0.15, 0.2) is 0 Å². The highest BCUT2D eigenvalue weighted by molar-refractivity contribution is 6.00. The van der Waals surface area contributed by atoms with Gasteiger partial charge >= 0.3 is 0 Å². The Hall–Kier alpha value is -2.62. The second-order valence-corrected chi connectivity index (χ2v) is 6.39. The lowest BCUT2D eigenvalue weighted by molar-refractivity contribution is 0.0592. The van der Waals surface area contributed by atoms with E-state index >= 15 is 0 Å². The number of nitrogens with zero attached hydrogens (tertiary/aromatic N) is 1. The number of carbonyl (C=O) groups is 1. The van der Waals surface area contributed by atoms with E-state index in [0.29, 0.717) is 23.2 Å². The first-order chi connectivity index (χ1) is 11.4. The maximum atomic E-state index is 14.8. The number of hydrogen-bond acceptors (Lipinski definition) is 2. The van der Waals surface area contributed by atoms with Crippen molar-refractivity contribution < 1.29 is 13.9 Å². The molecule has 0 bridgehead atoms. The van der Waals surface area contributed by atoms with Gasteiger partial charge in [0.25, 0.3) is 5.91 Å². The summed E-state index contributed by atoms with van der Waals surface area (Å²) >= 11 is 0. The summed E-state index contributed by atoms with van der Waals surface area (Å²) in [5.41, 5.74) is 1.53. The van der Waals surface area contributed by atoms with Crippen molar-refractivity contribution in [2.24, 2.45) is 0 Å². The van der Waals surface area contributed by atoms with E-state index in [2.05, 4.69) is 6.58 Å². The first-order valence-electron chi connectivity index (χ1n) is 7.80. The standard InChI is InChI=1S/C20H20FNO2/c1-5-14-8-11-16-17(18(14)21)20(2,3)22(19(16)23)12-13-6-9-15(24-4)10-7-13/h5-11H,1,12H2,2-4H3. The number of ether oxygens (including phenoxy) is 1. The summed E-state index contributed by atoms with van der Waals surface area (Å²) in [5, 5.41) is 0. The van der Waals surface area contributed by atoms with Crippen LogP contribution in [0.5, 0.6) is 5.75 Å². The summed E-state index contributed by atoms with van der Waals surface area (Å²) in [5.74, 6) is 0.245. The van der Waals surface area contributed by atoms with Crippen LogP contribution in [0.15, 0.2) is 43.0 Å². The summed E-state index contributed by atoms with van der Waals surface area (Å²) < 4.78 is 19.9. The van der Waals surface area contributed by atoms with Crippen molar-refractivity contribution in [2.75, 3.05) is 7.11 Å². The average molecular weight is 325 g/mol. The number of halogens is 1. The number of methoxy groups -OCH3 is 1. The monoisotopic (exact) mass is 325 g/mol. The van der Waals surface area contributed by atoms with E-state index in [4.69, 9.17) is 4.74 Å². The van der Waals surface area contributed by atoms with Crippen molar-refractivity contribution in [3.8, 4) is 5.75 Å². The Morgan fingerprint density at radius 3 is 2.46 bits per heavy atom. The molecule has 0 N–H and O–H groups in total. The fourth-order valence-corrected chi connectivity index (χ4v) is 3.24. The lowest BCUT2D eigenvalue weighted by Crippen LogP contribution is -2.38. The van der Waals surface area contributed by atoms with E-state index in [0.717, 1.165) is 11.3 Å². The Morgan fingerprint density at radius 1 is 1.21 bits per heavy atom. The normalized spacial score (nSPS) is 15.3. The van der Waals surface area contributed by atoms with Crippen LogP contribution in [-0.2, 0) is 12.1 Å². The molecule has 124 valence electrons. The number of amides is 1. The zero-order valence-corrected chi connectivity index (χ0v) is 14.1. The molecular weight excluding hydrogens is 305 g/mol. The van der Waals surface area contributed by atoms with Crippen LogP contribution in [0.3, 0.4) is 0 Å². The van der Waals surface area contributed by atoms with Crippen molar-refractivity contribution >= 4 is 12.0 Å². The quantitative estimate of drug-likeness (QED) is 0.835. The number of hydrogen-bond donors (Lipinski definition) is 0. The lowest BCUT2D eigenvalue weighted by atomic mass is 9.91. The average Bonchev–Trinajstić information content (AvgIpc) is 2.77. The Labute approximate surface area is 141 Å². The highest BCUT2D eigenvalue weighted by Gasteiger charge is 2.45. The molecule has 1 aliphatic heterocycles. The summed E-state index contributed by atoms with van der Waals surface area (Å²) in [7, 11) is 1.61. The molecule has 4 heteroatoms. The molecule has 0 fully saturated rings. The Morgan fingerprint density at radius 2 is 1.88 bits per heavy atom. The topological polar surface area (TPSA) is 29.5 Å². The van der Waals surface area contributed by atoms with Crippen molar-refractivity contribution in [1.29, 1.82) is 0 Å². The summed E-state index contributed by atoms with van der Waals surface area (Å²) in [6.45, 7) is 7.79. The fraction of sp³-hybridized carbons (Fsp3) is 0.250. The zero-order valence-electron chi connectivity index (χ0n) is 14.1. The van der Waals surface area contributed by atoms with Gasteiger partial charge in [0.2, 0.25) is 0 Å². The van der Waals surface area contributed by atoms with E-state index in [1.165, 1.54) is 6.08 Å². The van der Waals surface area contributed by atoms with Crippen molar-refractivity contribution in [3.63, 3.8) is 0 Å². The molecule has 24 heavy (non-hydrogen) atoms. The van der Waals surface area contributed by atoms with E-state index in [1.54, 1.807) is 24.1 Å². The lowest BCUT2D eigenvalue weighted by Gasteiger charge is -2.33. The molecular formula is C20H20FNO2. The molecule has 1 amide bonds. The molecule has 0 spiro atoms. The number of benzene rings is 2. The molecule has 0 unspecified atom stereocenters. The van der Waals surface area contributed by atoms with E-state index < -0.39 is 5.54 Å². The largest absolute Gasteiger partial charge is 0.497 e. The maximum Gasteiger partial charge on any atom is 0.255 e. The minimum absolute atomic E-state index is 0.152. The van der Waals surface area contributed by atoms with Crippen molar-refractivity contribution in [1.82, 2.24) is 4.90 Å². The van der Waals surface area contributed by atoms with Crippen molar-refractivity contribution in [3.05, 3.63) is 71.0 Å². The van der Waals surface area contributed by atoms with Crippen molar-refractivity contribution in [2.45, 2.75) is 25.9 Å². The Bertz CT molecular complexity index is 809. The molecule has 1 heterocycles. The van der Waals surface area contributed by atoms with Gasteiger partial charge < -0.3 is 9.64 Å². The van der Waals surface area contributed by atoms with Gasteiger partial charge in [-0.05, 0) is 37.6 Å². The van der Waals surface area contributed by atoms with Gasteiger partial charge in [-0.25, -0.2) is 4.39 Å². The molecule has 0 atom stereocenters. The highest BCUT2D eigenvalue weighted by Crippen LogP contribution is 2.42. The predicted octanol–water partition coefficient (Wildman–Crippen LogP) is 4.37. The third-order valence-electron chi connectivity index (χ3n) is 4.65. The highest BCUT2D eigenvalue weighted by atomic mass is 19.1. The molecule has 0 aromatic heterocycles. The first-order valence-corrected chi connectivity index (χ1v) is 7.80. The second kappa shape index (κ2) is 5.78. The third kappa shape index (κ3) is 2.39. The van der Waals surface area contributed by atoms with Gasteiger partial charge in [0, 0.05) is 23.2 Å². The van der Waals surface area contributed by atoms with Crippen LogP contribution in [0.2, 0.25) is 0 Å². The number of rotatable bonds is 4. The molecule has 0 aliphatic carbocycles. The van der Waals surface area contributed by atoms with Crippen LogP contribution in [0.4, 0.5) is 4.39 Å². The van der Waals surface area contributed by atoms with Crippen LogP contribution in [0.1, 0.15) is 40.9 Å². The smallest absolute Gasteiger partial charge is 0.255 e. The van der Waals surface area contributed by atoms with Gasteiger partial charge in [-0.1, -0.05) is 30.9 Å². The minimum atomic E-state index is -0.727. The van der Waals surface area contributed by atoms with Crippen LogP contribution in [-0.4, -0.2) is 17.9 Å². The first kappa shape index (κ1) is 16.2. The molecule has 2 aromatic carbocycles. The van der Waals surface area contributed by atoms with E-state index in [1.807, 2.05) is 38.1 Å². The molecule has 1 aliphatic rings. The Balaban J connectivity index is 1.99. The second-order valence-electron chi connectivity index (χ2n) is 6.39. The minimum Gasteiger partial charge on any atom is -0.497 e. The molecule has 0 saturated carbocycles. The summed E-state index contributed by atoms with van der Waals surface area (Å²) in [6, 6.07) is 10.8. The summed E-state index contributed by atoms with van der Waals surface area (Å²) in [4.78, 5) is 14.5. The third-order valence-corrected chi connectivity index (χ3v) is 4.65. The molecule has 0 saturated heterocycles. The number of carbonyl (C=O) groups excluding carboxylic acids is 1. The van der Waals surface area contributed by atoms with Crippen LogP contribution in [0.25, 0.3) is 6.08 Å². The predicted molar refractivity (Wildman–Crippen MR) is 92.4 cm³/mol. The molecule has 3 nitrogen and oxygen atoms in total. The summed E-state index contributed by atoms with van der Waals surface area (Å²) in [6.07, 6.45) is 1.47. The Kier molecular flexibility index (Phi) is 3.91. The zero-order chi connectivity index (χ0) is 17.5. The maximum absolute atomic E-state index is 14.8. The van der Waals surface area contributed by atoms with Crippen LogP contribution < -0.4 is 4.74 Å². The van der Waals surface area contributed by atoms with Crippen LogP contribution >= 0.6 is 0 Å². The van der Waals surface area contributed by atoms with Gasteiger partial charge in [0.05, 0.1) is 12.6 Å². The van der Waals surface area contributed by atoms with Gasteiger partial charge in [-0.3, -0.25) is 4.79 Å². The molecule has 2 aromatic rings. The SMILES string of the molecule is C=Cc1ccc2c(c1F)C(C)(C)N(Cc1ccc(OC)cc1)C2=O. The van der Waals surface area contributed by atoms with E-state index in [9.17, 15) is 9.18 Å². The van der Waals surface area contributed by atoms with Gasteiger partial charge in [-0.2, -0.15) is 0 Å². The number of fused-ring (bicyclic) bond motifs is 1.